The molecule has 1 fully saturated rings. The molecule has 1 heterocycles. The van der Waals surface area contributed by atoms with E-state index in [1.807, 2.05) is 6.92 Å². The van der Waals surface area contributed by atoms with E-state index in [1.54, 1.807) is 18.0 Å². The summed E-state index contributed by atoms with van der Waals surface area (Å²) in [7, 11) is 1.70. The molecule has 21 heavy (non-hydrogen) atoms. The average molecular weight is 293 g/mol. The van der Waals surface area contributed by atoms with Gasteiger partial charge in [0.15, 0.2) is 6.10 Å². The molecule has 0 bridgehead atoms. The van der Waals surface area contributed by atoms with E-state index in [0.717, 1.165) is 6.42 Å². The summed E-state index contributed by atoms with van der Waals surface area (Å²) >= 11 is 0. The molecule has 6 heteroatoms. The van der Waals surface area contributed by atoms with Crippen molar-refractivity contribution >= 4 is 11.9 Å². The molecule has 0 radical (unpaired) electrons. The van der Waals surface area contributed by atoms with E-state index < -0.39 is 12.1 Å². The molecule has 1 atom stereocenters. The lowest BCUT2D eigenvalue weighted by molar-refractivity contribution is -0.132. The van der Waals surface area contributed by atoms with E-state index in [2.05, 4.69) is 0 Å². The van der Waals surface area contributed by atoms with Gasteiger partial charge >= 0.3 is 5.97 Å². The molecular formula is C15H19NO5. The molecule has 1 aromatic rings. The summed E-state index contributed by atoms with van der Waals surface area (Å²) in [6, 6.07) is 4.56. The number of ether oxygens (including phenoxy) is 2. The Morgan fingerprint density at radius 2 is 2.24 bits per heavy atom. The van der Waals surface area contributed by atoms with E-state index in [0.29, 0.717) is 25.3 Å². The molecule has 1 aromatic carbocycles. The van der Waals surface area contributed by atoms with Gasteiger partial charge in [-0.05, 0) is 18.6 Å². The second-order valence-electron chi connectivity index (χ2n) is 4.97. The molecule has 1 aliphatic heterocycles. The molecule has 6 nitrogen and oxygen atoms in total. The third kappa shape index (κ3) is 3.45. The van der Waals surface area contributed by atoms with Crippen LogP contribution in [0.3, 0.4) is 0 Å². The highest BCUT2D eigenvalue weighted by Crippen LogP contribution is 2.28. The maximum Gasteiger partial charge on any atom is 0.339 e. The molecular weight excluding hydrogens is 274 g/mol. The lowest BCUT2D eigenvalue weighted by Crippen LogP contribution is -2.29. The molecule has 2 rings (SSSR count). The van der Waals surface area contributed by atoms with Gasteiger partial charge < -0.3 is 19.5 Å². The van der Waals surface area contributed by atoms with Crippen molar-refractivity contribution in [2.75, 3.05) is 20.2 Å². The Labute approximate surface area is 123 Å². The number of hydrogen-bond acceptors (Lipinski definition) is 4. The van der Waals surface area contributed by atoms with Gasteiger partial charge in [-0.1, -0.05) is 6.92 Å². The SMILES string of the molecule is CCCOc1ccc(C(=O)O)c(OC2CCN(C)C2=O)c1. The molecule has 1 saturated heterocycles. The van der Waals surface area contributed by atoms with E-state index >= 15 is 0 Å². The van der Waals surface area contributed by atoms with Gasteiger partial charge in [0.1, 0.15) is 17.1 Å². The summed E-state index contributed by atoms with van der Waals surface area (Å²) in [5.41, 5.74) is 0.0289. The van der Waals surface area contributed by atoms with Crippen molar-refractivity contribution in [3.8, 4) is 11.5 Å². The monoisotopic (exact) mass is 293 g/mol. The van der Waals surface area contributed by atoms with Crippen LogP contribution in [0.4, 0.5) is 0 Å². The third-order valence-corrected chi connectivity index (χ3v) is 3.30. The van der Waals surface area contributed by atoms with Crippen LogP contribution in [-0.4, -0.2) is 48.2 Å². The Balaban J connectivity index is 2.22. The molecule has 1 amide bonds. The van der Waals surface area contributed by atoms with Crippen molar-refractivity contribution in [2.24, 2.45) is 0 Å². The molecule has 0 aromatic heterocycles. The predicted molar refractivity (Wildman–Crippen MR) is 75.9 cm³/mol. The van der Waals surface area contributed by atoms with E-state index in [1.165, 1.54) is 12.1 Å². The minimum atomic E-state index is -1.09. The maximum atomic E-state index is 11.9. The fourth-order valence-corrected chi connectivity index (χ4v) is 2.14. The van der Waals surface area contributed by atoms with Gasteiger partial charge in [0.2, 0.25) is 0 Å². The first-order valence-corrected chi connectivity index (χ1v) is 6.94. The predicted octanol–water partition coefficient (Wildman–Crippen LogP) is 1.78. The Morgan fingerprint density at radius 3 is 2.81 bits per heavy atom. The van der Waals surface area contributed by atoms with Gasteiger partial charge in [0.25, 0.3) is 5.91 Å². The van der Waals surface area contributed by atoms with Crippen LogP contribution in [-0.2, 0) is 4.79 Å². The lowest BCUT2D eigenvalue weighted by Gasteiger charge is -2.16. The normalized spacial score (nSPS) is 17.9. The first-order valence-electron chi connectivity index (χ1n) is 6.94. The summed E-state index contributed by atoms with van der Waals surface area (Å²) < 4.78 is 11.1. The highest BCUT2D eigenvalue weighted by atomic mass is 16.5. The van der Waals surface area contributed by atoms with E-state index in [4.69, 9.17) is 9.47 Å². The maximum absolute atomic E-state index is 11.9. The average Bonchev–Trinajstić information content (AvgIpc) is 2.77. The van der Waals surface area contributed by atoms with Crippen LogP contribution in [0.5, 0.6) is 11.5 Å². The number of aromatic carboxylic acids is 1. The van der Waals surface area contributed by atoms with Crippen LogP contribution in [0, 0.1) is 0 Å². The zero-order valence-corrected chi connectivity index (χ0v) is 12.2. The topological polar surface area (TPSA) is 76.1 Å². The number of carbonyl (C=O) groups excluding carboxylic acids is 1. The van der Waals surface area contributed by atoms with Gasteiger partial charge in [-0.25, -0.2) is 4.79 Å². The zero-order chi connectivity index (χ0) is 15.4. The quantitative estimate of drug-likeness (QED) is 0.865. The Hall–Kier alpha value is -2.24. The van der Waals surface area contributed by atoms with Crippen LogP contribution in [0.2, 0.25) is 0 Å². The van der Waals surface area contributed by atoms with Crippen LogP contribution in [0.25, 0.3) is 0 Å². The Morgan fingerprint density at radius 1 is 1.48 bits per heavy atom. The standard InChI is InChI=1S/C15H19NO5/c1-3-8-20-10-4-5-11(15(18)19)13(9-10)21-12-6-7-16(2)14(12)17/h4-5,9,12H,3,6-8H2,1-2H3,(H,18,19). The summed E-state index contributed by atoms with van der Waals surface area (Å²) in [6.07, 6.45) is 0.770. The summed E-state index contributed by atoms with van der Waals surface area (Å²) in [5, 5.41) is 9.21. The van der Waals surface area contributed by atoms with Crippen molar-refractivity contribution in [3.05, 3.63) is 23.8 Å². The summed E-state index contributed by atoms with van der Waals surface area (Å²) in [4.78, 5) is 24.7. The number of carboxylic acids is 1. The van der Waals surface area contributed by atoms with Crippen molar-refractivity contribution in [3.63, 3.8) is 0 Å². The number of benzene rings is 1. The van der Waals surface area contributed by atoms with Gasteiger partial charge in [-0.15, -0.1) is 0 Å². The van der Waals surface area contributed by atoms with Crippen molar-refractivity contribution in [1.82, 2.24) is 4.90 Å². The summed E-state index contributed by atoms with van der Waals surface area (Å²) in [6.45, 7) is 3.13. The molecule has 1 aliphatic rings. The second kappa shape index (κ2) is 6.47. The third-order valence-electron chi connectivity index (χ3n) is 3.30. The van der Waals surface area contributed by atoms with Gasteiger partial charge in [-0.3, -0.25) is 4.79 Å². The van der Waals surface area contributed by atoms with E-state index in [-0.39, 0.29) is 17.2 Å². The van der Waals surface area contributed by atoms with Gasteiger partial charge in [-0.2, -0.15) is 0 Å². The fourth-order valence-electron chi connectivity index (χ4n) is 2.14. The number of likely N-dealkylation sites (tertiary alicyclic amines) is 1. The van der Waals surface area contributed by atoms with Crippen molar-refractivity contribution in [2.45, 2.75) is 25.9 Å². The van der Waals surface area contributed by atoms with Crippen molar-refractivity contribution < 1.29 is 24.2 Å². The first kappa shape index (κ1) is 15.2. The molecule has 0 aliphatic carbocycles. The van der Waals surface area contributed by atoms with E-state index in [9.17, 15) is 14.7 Å². The zero-order valence-electron chi connectivity index (χ0n) is 12.2. The van der Waals surface area contributed by atoms with Gasteiger partial charge in [0.05, 0.1) is 6.61 Å². The number of carbonyl (C=O) groups is 2. The Kier molecular flexibility index (Phi) is 4.67. The minimum Gasteiger partial charge on any atom is -0.493 e. The molecule has 0 spiro atoms. The molecule has 0 saturated carbocycles. The number of amides is 1. The minimum absolute atomic E-state index is 0.0289. The van der Waals surface area contributed by atoms with Gasteiger partial charge in [0, 0.05) is 26.1 Å². The Bertz CT molecular complexity index is 543. The number of hydrogen-bond donors (Lipinski definition) is 1. The number of carboxylic acid groups (broad SMARTS) is 1. The smallest absolute Gasteiger partial charge is 0.339 e. The largest absolute Gasteiger partial charge is 0.493 e. The lowest BCUT2D eigenvalue weighted by atomic mass is 10.2. The number of nitrogens with zero attached hydrogens (tertiary/aromatic N) is 1. The second-order valence-corrected chi connectivity index (χ2v) is 4.97. The molecule has 114 valence electrons. The summed E-state index contributed by atoms with van der Waals surface area (Å²) in [5.74, 6) is -0.516. The number of rotatable bonds is 6. The first-order chi connectivity index (χ1) is 10.0. The van der Waals surface area contributed by atoms with Crippen LogP contribution in [0.15, 0.2) is 18.2 Å². The number of likely N-dealkylation sites (N-methyl/N-ethyl adjacent to an activating group) is 1. The van der Waals surface area contributed by atoms with Crippen molar-refractivity contribution in [1.29, 1.82) is 0 Å². The molecule has 1 N–H and O–H groups in total. The highest BCUT2D eigenvalue weighted by molar-refractivity contribution is 5.91. The molecule has 1 unspecified atom stereocenters. The highest BCUT2D eigenvalue weighted by Gasteiger charge is 2.31. The van der Waals surface area contributed by atoms with Crippen LogP contribution >= 0.6 is 0 Å². The fraction of sp³-hybridized carbons (Fsp3) is 0.467. The van der Waals surface area contributed by atoms with Crippen LogP contribution < -0.4 is 9.47 Å². The van der Waals surface area contributed by atoms with Crippen LogP contribution in [0.1, 0.15) is 30.1 Å².